The van der Waals surface area contributed by atoms with Crippen LogP contribution in [0.4, 0.5) is 5.69 Å². The molecular formula is C17H12BrNO2. The Morgan fingerprint density at radius 3 is 2.10 bits per heavy atom. The number of hydrogen-bond acceptors (Lipinski definition) is 3. The molecule has 2 aromatic carbocycles. The summed E-state index contributed by atoms with van der Waals surface area (Å²) in [5.41, 5.74) is 2.97. The van der Waals surface area contributed by atoms with Crippen molar-refractivity contribution in [1.29, 1.82) is 0 Å². The summed E-state index contributed by atoms with van der Waals surface area (Å²) in [4.78, 5) is 24.9. The van der Waals surface area contributed by atoms with Gasteiger partial charge in [-0.15, -0.1) is 0 Å². The number of aryl methyl sites for hydroxylation is 1. The van der Waals surface area contributed by atoms with Crippen molar-refractivity contribution in [3.63, 3.8) is 0 Å². The number of para-hydroxylation sites is 1. The second kappa shape index (κ2) is 5.30. The van der Waals surface area contributed by atoms with Crippen LogP contribution >= 0.6 is 15.9 Å². The van der Waals surface area contributed by atoms with Gasteiger partial charge < -0.3 is 5.32 Å². The number of ketones is 2. The fraction of sp³-hybridized carbons (Fsp3) is 0.0588. The smallest absolute Gasteiger partial charge is 0.211 e. The quantitative estimate of drug-likeness (QED) is 0.894. The minimum Gasteiger partial charge on any atom is -0.351 e. The van der Waals surface area contributed by atoms with E-state index < -0.39 is 0 Å². The van der Waals surface area contributed by atoms with Crippen LogP contribution in [0.15, 0.2) is 58.7 Å². The van der Waals surface area contributed by atoms with E-state index >= 15 is 0 Å². The van der Waals surface area contributed by atoms with Crippen molar-refractivity contribution in [2.75, 3.05) is 5.32 Å². The van der Waals surface area contributed by atoms with E-state index in [2.05, 4.69) is 21.2 Å². The molecule has 0 bridgehead atoms. The van der Waals surface area contributed by atoms with Gasteiger partial charge in [0.15, 0.2) is 0 Å². The lowest BCUT2D eigenvalue weighted by Crippen LogP contribution is -2.24. The van der Waals surface area contributed by atoms with Gasteiger partial charge in [0.1, 0.15) is 5.70 Å². The number of rotatable bonds is 2. The first-order valence-electron chi connectivity index (χ1n) is 6.50. The van der Waals surface area contributed by atoms with Crippen molar-refractivity contribution < 1.29 is 9.59 Å². The fourth-order valence-electron chi connectivity index (χ4n) is 2.30. The highest BCUT2D eigenvalue weighted by Crippen LogP contribution is 2.30. The van der Waals surface area contributed by atoms with E-state index in [1.165, 1.54) is 0 Å². The number of benzene rings is 2. The summed E-state index contributed by atoms with van der Waals surface area (Å²) >= 11 is 3.26. The first kappa shape index (κ1) is 13.8. The number of fused-ring (bicyclic) bond motifs is 1. The van der Waals surface area contributed by atoms with Crippen LogP contribution in [-0.2, 0) is 0 Å². The number of hydrogen-bond donors (Lipinski definition) is 1. The molecule has 0 saturated heterocycles. The van der Waals surface area contributed by atoms with Gasteiger partial charge in [-0.05, 0) is 34.5 Å². The van der Waals surface area contributed by atoms with Gasteiger partial charge in [-0.3, -0.25) is 9.59 Å². The molecule has 0 radical (unpaired) electrons. The molecular weight excluding hydrogens is 330 g/mol. The van der Waals surface area contributed by atoms with Gasteiger partial charge in [-0.1, -0.05) is 42.5 Å². The monoisotopic (exact) mass is 341 g/mol. The second-order valence-electron chi connectivity index (χ2n) is 4.83. The number of nitrogens with one attached hydrogen (secondary N) is 1. The number of halogens is 1. The molecule has 1 aliphatic carbocycles. The molecule has 104 valence electrons. The van der Waals surface area contributed by atoms with Crippen molar-refractivity contribution in [2.24, 2.45) is 0 Å². The van der Waals surface area contributed by atoms with Crippen LogP contribution in [0, 0.1) is 6.92 Å². The summed E-state index contributed by atoms with van der Waals surface area (Å²) in [5.74, 6) is -0.360. The summed E-state index contributed by atoms with van der Waals surface area (Å²) in [5, 5.41) is 3.08. The summed E-state index contributed by atoms with van der Waals surface area (Å²) < 4.78 is 0.273. The topological polar surface area (TPSA) is 46.2 Å². The number of carbonyl (C=O) groups is 2. The highest BCUT2D eigenvalue weighted by molar-refractivity contribution is 9.12. The molecule has 0 unspecified atom stereocenters. The molecule has 0 aromatic heterocycles. The van der Waals surface area contributed by atoms with Gasteiger partial charge in [-0.25, -0.2) is 0 Å². The molecule has 0 atom stereocenters. The molecule has 0 saturated carbocycles. The van der Waals surface area contributed by atoms with E-state index in [-0.39, 0.29) is 21.7 Å². The van der Waals surface area contributed by atoms with E-state index in [1.54, 1.807) is 24.3 Å². The number of allylic oxidation sites excluding steroid dienone is 2. The maximum atomic E-state index is 12.6. The molecule has 0 spiro atoms. The van der Waals surface area contributed by atoms with Gasteiger partial charge in [0.25, 0.3) is 0 Å². The maximum absolute atomic E-state index is 12.6. The zero-order valence-corrected chi connectivity index (χ0v) is 12.9. The van der Waals surface area contributed by atoms with Crippen LogP contribution in [0.2, 0.25) is 0 Å². The van der Waals surface area contributed by atoms with Gasteiger partial charge in [0, 0.05) is 16.8 Å². The maximum Gasteiger partial charge on any atom is 0.211 e. The number of carbonyl (C=O) groups excluding carboxylic acids is 2. The van der Waals surface area contributed by atoms with Gasteiger partial charge in [0.05, 0.1) is 4.48 Å². The third-order valence-electron chi connectivity index (χ3n) is 3.47. The molecule has 3 rings (SSSR count). The van der Waals surface area contributed by atoms with Crippen LogP contribution in [0.3, 0.4) is 0 Å². The predicted octanol–water partition coefficient (Wildman–Crippen LogP) is 4.09. The number of anilines is 1. The molecule has 21 heavy (non-hydrogen) atoms. The first-order valence-corrected chi connectivity index (χ1v) is 7.29. The molecule has 0 aliphatic heterocycles. The number of Topliss-reactive ketones (excluding diaryl/α,β-unsaturated/α-hetero) is 2. The summed E-state index contributed by atoms with van der Waals surface area (Å²) in [6.45, 7) is 1.94. The van der Waals surface area contributed by atoms with Crippen molar-refractivity contribution in [3.8, 4) is 0 Å². The second-order valence-corrected chi connectivity index (χ2v) is 5.63. The Balaban J connectivity index is 2.07. The zero-order chi connectivity index (χ0) is 15.0. The standard InChI is InChI=1S/C17H12BrNO2/c1-10-6-2-5-9-13(10)19-15-14(18)16(20)11-7-3-4-8-12(11)17(15)21/h2-9,19H,1H3. The van der Waals surface area contributed by atoms with Crippen molar-refractivity contribution in [1.82, 2.24) is 0 Å². The molecule has 2 aromatic rings. The SMILES string of the molecule is Cc1ccccc1NC1=C(Br)C(=O)c2ccccc2C1=O. The minimum absolute atomic E-state index is 0.179. The van der Waals surface area contributed by atoms with E-state index in [9.17, 15) is 9.59 Å². The third kappa shape index (κ3) is 2.32. The van der Waals surface area contributed by atoms with Gasteiger partial charge in [0.2, 0.25) is 11.6 Å². The lowest BCUT2D eigenvalue weighted by molar-refractivity contribution is 0.0983. The minimum atomic E-state index is -0.180. The predicted molar refractivity (Wildman–Crippen MR) is 85.9 cm³/mol. The highest BCUT2D eigenvalue weighted by atomic mass is 79.9. The van der Waals surface area contributed by atoms with Crippen LogP contribution in [0.5, 0.6) is 0 Å². The Bertz CT molecular complexity index is 793. The molecule has 1 aliphatic rings. The third-order valence-corrected chi connectivity index (χ3v) is 4.22. The average molecular weight is 342 g/mol. The largest absolute Gasteiger partial charge is 0.351 e. The summed E-state index contributed by atoms with van der Waals surface area (Å²) in [6, 6.07) is 14.5. The van der Waals surface area contributed by atoms with E-state index in [1.807, 2.05) is 31.2 Å². The Morgan fingerprint density at radius 2 is 1.43 bits per heavy atom. The lowest BCUT2D eigenvalue weighted by Gasteiger charge is -2.19. The Morgan fingerprint density at radius 1 is 0.857 bits per heavy atom. The zero-order valence-electron chi connectivity index (χ0n) is 11.3. The van der Waals surface area contributed by atoms with Crippen LogP contribution in [-0.4, -0.2) is 11.6 Å². The van der Waals surface area contributed by atoms with Crippen LogP contribution in [0.1, 0.15) is 26.3 Å². The fourth-order valence-corrected chi connectivity index (χ4v) is 2.80. The van der Waals surface area contributed by atoms with E-state index in [4.69, 9.17) is 0 Å². The van der Waals surface area contributed by atoms with E-state index in [0.29, 0.717) is 11.1 Å². The lowest BCUT2D eigenvalue weighted by atomic mass is 9.92. The summed E-state index contributed by atoms with van der Waals surface area (Å²) in [7, 11) is 0. The van der Waals surface area contributed by atoms with Crippen LogP contribution < -0.4 is 5.32 Å². The van der Waals surface area contributed by atoms with Crippen molar-refractivity contribution >= 4 is 33.2 Å². The van der Waals surface area contributed by atoms with Gasteiger partial charge >= 0.3 is 0 Å². The molecule has 0 fully saturated rings. The van der Waals surface area contributed by atoms with Crippen molar-refractivity contribution in [2.45, 2.75) is 6.92 Å². The molecule has 4 heteroatoms. The van der Waals surface area contributed by atoms with E-state index in [0.717, 1.165) is 11.3 Å². The first-order chi connectivity index (χ1) is 10.1. The molecule has 1 N–H and O–H groups in total. The Labute approximate surface area is 130 Å². The van der Waals surface area contributed by atoms with Crippen molar-refractivity contribution in [3.05, 3.63) is 75.4 Å². The molecule has 0 amide bonds. The highest BCUT2D eigenvalue weighted by Gasteiger charge is 2.30. The Kier molecular flexibility index (Phi) is 3.47. The molecule has 0 heterocycles. The average Bonchev–Trinajstić information content (AvgIpc) is 2.51. The van der Waals surface area contributed by atoms with Gasteiger partial charge in [-0.2, -0.15) is 0 Å². The normalized spacial score (nSPS) is 14.2. The van der Waals surface area contributed by atoms with Crippen LogP contribution in [0.25, 0.3) is 0 Å². The Hall–Kier alpha value is -2.20. The molecule has 3 nitrogen and oxygen atoms in total. The summed E-state index contributed by atoms with van der Waals surface area (Å²) in [6.07, 6.45) is 0.